The molecule has 8 heteroatoms. The van der Waals surface area contributed by atoms with Gasteiger partial charge in [-0.3, -0.25) is 9.48 Å². The van der Waals surface area contributed by atoms with Crippen LogP contribution in [0.2, 0.25) is 0 Å². The SMILES string of the molecule is CN(C)C(=O)Cn1cc(Nc2ncnc3c2oc2ccccc23)cn1. The minimum atomic E-state index is -0.0311. The second kappa shape index (κ2) is 5.90. The molecule has 0 spiro atoms. The van der Waals surface area contributed by atoms with Crippen molar-refractivity contribution in [2.24, 2.45) is 0 Å². The van der Waals surface area contributed by atoms with Gasteiger partial charge < -0.3 is 14.6 Å². The molecule has 0 saturated carbocycles. The number of aromatic nitrogens is 4. The van der Waals surface area contributed by atoms with E-state index in [1.54, 1.807) is 31.2 Å². The highest BCUT2D eigenvalue weighted by molar-refractivity contribution is 6.05. The van der Waals surface area contributed by atoms with Gasteiger partial charge in [-0.2, -0.15) is 5.10 Å². The molecule has 1 amide bonds. The van der Waals surface area contributed by atoms with Crippen LogP contribution in [0.15, 0.2) is 47.4 Å². The first kappa shape index (κ1) is 15.1. The summed E-state index contributed by atoms with van der Waals surface area (Å²) < 4.78 is 7.45. The van der Waals surface area contributed by atoms with Crippen molar-refractivity contribution in [1.29, 1.82) is 0 Å². The van der Waals surface area contributed by atoms with Gasteiger partial charge in [-0.1, -0.05) is 12.1 Å². The van der Waals surface area contributed by atoms with Crippen molar-refractivity contribution >= 4 is 39.5 Å². The lowest BCUT2D eigenvalue weighted by Crippen LogP contribution is -2.26. The Morgan fingerprint density at radius 3 is 2.96 bits per heavy atom. The van der Waals surface area contributed by atoms with E-state index in [0.29, 0.717) is 17.1 Å². The molecular weight excluding hydrogens is 320 g/mol. The largest absolute Gasteiger partial charge is 0.450 e. The quantitative estimate of drug-likeness (QED) is 0.615. The van der Waals surface area contributed by atoms with Gasteiger partial charge in [0.05, 0.1) is 11.9 Å². The fourth-order valence-electron chi connectivity index (χ4n) is 2.54. The summed E-state index contributed by atoms with van der Waals surface area (Å²) in [6.45, 7) is 0.179. The second-order valence-corrected chi connectivity index (χ2v) is 5.84. The van der Waals surface area contributed by atoms with Gasteiger partial charge in [0.15, 0.2) is 11.4 Å². The Balaban J connectivity index is 1.65. The van der Waals surface area contributed by atoms with E-state index in [1.807, 2.05) is 24.3 Å². The Hall–Kier alpha value is -3.42. The molecule has 0 unspecified atom stereocenters. The second-order valence-electron chi connectivity index (χ2n) is 5.84. The van der Waals surface area contributed by atoms with Crippen LogP contribution in [0.25, 0.3) is 22.1 Å². The molecule has 0 aliphatic carbocycles. The van der Waals surface area contributed by atoms with Gasteiger partial charge in [-0.15, -0.1) is 0 Å². The topological polar surface area (TPSA) is 89.1 Å². The van der Waals surface area contributed by atoms with Crippen molar-refractivity contribution in [2.75, 3.05) is 19.4 Å². The van der Waals surface area contributed by atoms with Gasteiger partial charge in [0.1, 0.15) is 24.0 Å². The van der Waals surface area contributed by atoms with Crippen molar-refractivity contribution < 1.29 is 9.21 Å². The summed E-state index contributed by atoms with van der Waals surface area (Å²) in [5, 5.41) is 8.31. The number of benzene rings is 1. The predicted octanol–water partition coefficient (Wildman–Crippen LogP) is 2.40. The molecule has 25 heavy (non-hydrogen) atoms. The van der Waals surface area contributed by atoms with E-state index in [4.69, 9.17) is 4.42 Å². The van der Waals surface area contributed by atoms with Crippen LogP contribution in [0, 0.1) is 0 Å². The van der Waals surface area contributed by atoms with Crippen molar-refractivity contribution in [3.8, 4) is 0 Å². The minimum Gasteiger partial charge on any atom is -0.450 e. The molecule has 3 heterocycles. The number of nitrogens with zero attached hydrogens (tertiary/aromatic N) is 5. The molecule has 4 rings (SSSR count). The predicted molar refractivity (Wildman–Crippen MR) is 93.5 cm³/mol. The Morgan fingerprint density at radius 2 is 2.12 bits per heavy atom. The highest BCUT2D eigenvalue weighted by Gasteiger charge is 2.14. The van der Waals surface area contributed by atoms with Gasteiger partial charge in [0, 0.05) is 25.7 Å². The van der Waals surface area contributed by atoms with Crippen LogP contribution in [0.1, 0.15) is 0 Å². The van der Waals surface area contributed by atoms with Gasteiger partial charge in [-0.05, 0) is 12.1 Å². The van der Waals surface area contributed by atoms with Crippen LogP contribution < -0.4 is 5.32 Å². The molecule has 0 radical (unpaired) electrons. The Morgan fingerprint density at radius 1 is 1.28 bits per heavy atom. The van der Waals surface area contributed by atoms with Crippen LogP contribution in [-0.2, 0) is 11.3 Å². The molecule has 126 valence electrons. The Labute approximate surface area is 143 Å². The fourth-order valence-corrected chi connectivity index (χ4v) is 2.54. The number of carbonyl (C=O) groups is 1. The number of amides is 1. The first-order valence-electron chi connectivity index (χ1n) is 7.73. The summed E-state index contributed by atoms with van der Waals surface area (Å²) in [4.78, 5) is 21.9. The van der Waals surface area contributed by atoms with Gasteiger partial charge in [0.25, 0.3) is 0 Å². The lowest BCUT2D eigenvalue weighted by atomic mass is 10.2. The molecule has 0 bridgehead atoms. The monoisotopic (exact) mass is 336 g/mol. The Bertz CT molecular complexity index is 1070. The normalized spacial score (nSPS) is 11.1. The third-order valence-electron chi connectivity index (χ3n) is 3.85. The fraction of sp³-hybridized carbons (Fsp3) is 0.176. The molecule has 1 N–H and O–H groups in total. The summed E-state index contributed by atoms with van der Waals surface area (Å²) >= 11 is 0. The van der Waals surface area contributed by atoms with E-state index in [0.717, 1.165) is 16.5 Å². The maximum atomic E-state index is 11.8. The number of hydrogen-bond donors (Lipinski definition) is 1. The number of hydrogen-bond acceptors (Lipinski definition) is 6. The number of anilines is 2. The first-order valence-corrected chi connectivity index (χ1v) is 7.73. The maximum absolute atomic E-state index is 11.8. The zero-order valence-electron chi connectivity index (χ0n) is 13.8. The number of fused-ring (bicyclic) bond motifs is 3. The molecule has 3 aromatic heterocycles. The van der Waals surface area contributed by atoms with E-state index in [-0.39, 0.29) is 12.5 Å². The van der Waals surface area contributed by atoms with E-state index >= 15 is 0 Å². The third-order valence-corrected chi connectivity index (χ3v) is 3.85. The van der Waals surface area contributed by atoms with E-state index < -0.39 is 0 Å². The Kier molecular flexibility index (Phi) is 3.57. The van der Waals surface area contributed by atoms with Crippen LogP contribution in [-0.4, -0.2) is 44.7 Å². The van der Waals surface area contributed by atoms with Crippen LogP contribution in [0.5, 0.6) is 0 Å². The number of rotatable bonds is 4. The number of likely N-dealkylation sites (N-methyl/N-ethyl adjacent to an activating group) is 1. The number of furan rings is 1. The van der Waals surface area contributed by atoms with Gasteiger partial charge in [0.2, 0.25) is 5.91 Å². The summed E-state index contributed by atoms with van der Waals surface area (Å²) in [5.74, 6) is 0.524. The number of carbonyl (C=O) groups excluding carboxylic acids is 1. The van der Waals surface area contributed by atoms with Crippen LogP contribution in [0.3, 0.4) is 0 Å². The van der Waals surface area contributed by atoms with E-state index in [9.17, 15) is 4.79 Å². The highest BCUT2D eigenvalue weighted by atomic mass is 16.3. The summed E-state index contributed by atoms with van der Waals surface area (Å²) in [6.07, 6.45) is 4.88. The van der Waals surface area contributed by atoms with E-state index in [2.05, 4.69) is 20.4 Å². The van der Waals surface area contributed by atoms with Crippen LogP contribution >= 0.6 is 0 Å². The summed E-state index contributed by atoms with van der Waals surface area (Å²) in [5.41, 5.74) is 2.81. The van der Waals surface area contributed by atoms with Crippen LogP contribution in [0.4, 0.5) is 11.5 Å². The van der Waals surface area contributed by atoms with Gasteiger partial charge >= 0.3 is 0 Å². The van der Waals surface area contributed by atoms with Gasteiger partial charge in [-0.25, -0.2) is 9.97 Å². The van der Waals surface area contributed by atoms with Crippen molar-refractivity contribution in [3.63, 3.8) is 0 Å². The number of nitrogens with one attached hydrogen (secondary N) is 1. The first-order chi connectivity index (χ1) is 12.1. The standard InChI is InChI=1S/C17H16N6O2/c1-22(2)14(24)9-23-8-11(7-20-23)21-17-16-15(18-10-19-17)12-5-3-4-6-13(12)25-16/h3-8,10H,9H2,1-2H3,(H,18,19,21). The molecule has 0 aliphatic rings. The molecule has 4 aromatic rings. The van der Waals surface area contributed by atoms with E-state index in [1.165, 1.54) is 11.2 Å². The van der Waals surface area contributed by atoms with Crippen molar-refractivity contribution in [3.05, 3.63) is 43.0 Å². The zero-order chi connectivity index (χ0) is 17.4. The lowest BCUT2D eigenvalue weighted by Gasteiger charge is -2.09. The average molecular weight is 336 g/mol. The minimum absolute atomic E-state index is 0.0311. The zero-order valence-corrected chi connectivity index (χ0v) is 13.8. The maximum Gasteiger partial charge on any atom is 0.243 e. The molecule has 0 aliphatic heterocycles. The molecular formula is C17H16N6O2. The summed E-state index contributed by atoms with van der Waals surface area (Å²) in [7, 11) is 3.42. The smallest absolute Gasteiger partial charge is 0.243 e. The van der Waals surface area contributed by atoms with Crippen molar-refractivity contribution in [2.45, 2.75) is 6.54 Å². The lowest BCUT2D eigenvalue weighted by molar-refractivity contribution is -0.129. The molecule has 0 fully saturated rings. The summed E-state index contributed by atoms with van der Waals surface area (Å²) in [6, 6.07) is 7.71. The average Bonchev–Trinajstić information content (AvgIpc) is 3.19. The molecule has 1 aromatic carbocycles. The molecule has 0 saturated heterocycles. The highest BCUT2D eigenvalue weighted by Crippen LogP contribution is 2.31. The molecule has 8 nitrogen and oxygen atoms in total. The van der Waals surface area contributed by atoms with Crippen molar-refractivity contribution in [1.82, 2.24) is 24.6 Å². The third kappa shape index (κ3) is 2.78. The number of para-hydroxylation sites is 1. The molecule has 0 atom stereocenters.